The molecule has 0 saturated heterocycles. The summed E-state index contributed by atoms with van der Waals surface area (Å²) in [6, 6.07) is 20.2. The second-order valence-corrected chi connectivity index (χ2v) is 13.1. The average Bonchev–Trinajstić information content (AvgIpc) is 3.77. The van der Waals surface area contributed by atoms with Crippen LogP contribution in [-0.4, -0.2) is 68.3 Å². The Morgan fingerprint density at radius 2 is 1.02 bits per heavy atom. The first-order valence-corrected chi connectivity index (χ1v) is 17.8. The third kappa shape index (κ3) is 15.8. The van der Waals surface area contributed by atoms with Crippen molar-refractivity contribution in [3.8, 4) is 11.4 Å². The van der Waals surface area contributed by atoms with Gasteiger partial charge in [0.2, 0.25) is 11.9 Å². The molecule has 2 aromatic heterocycles. The van der Waals surface area contributed by atoms with Gasteiger partial charge in [0.25, 0.3) is 31.6 Å². The zero-order chi connectivity index (χ0) is 40.3. The molecule has 0 radical (unpaired) electrons. The summed E-state index contributed by atoms with van der Waals surface area (Å²) < 4.78 is 58.8. The predicted octanol–water partition coefficient (Wildman–Crippen LogP) is 1.34. The number of hydrazone groups is 2. The second kappa shape index (κ2) is 20.6. The number of guanidine groups is 2. The Morgan fingerprint density at radius 1 is 0.667 bits per heavy atom. The fourth-order valence-electron chi connectivity index (χ4n) is 3.86. The van der Waals surface area contributed by atoms with Crippen LogP contribution in [0.1, 0.15) is 11.4 Å². The molecular weight excluding hydrogens is 753 g/mol. The maximum atomic E-state index is 11.1. The fourth-order valence-corrected chi connectivity index (χ4v) is 5.54. The van der Waals surface area contributed by atoms with Crippen LogP contribution in [0.3, 0.4) is 0 Å². The highest BCUT2D eigenvalue weighted by Crippen LogP contribution is 2.25. The normalized spacial score (nSPS) is 10.2. The van der Waals surface area contributed by atoms with E-state index in [1.165, 1.54) is 24.5 Å². The molecule has 0 bridgehead atoms. The SMILES string of the molecule is NC(N)=NNC=C=Cc1cccn1-c1ccccc1[N+](=O)[O-].NC(N)=NNC=C=Cc1cccn1-c1ccccc1[N+](=O)[O-].O=S(=O)(O)CCS(=O)(=O)O. The van der Waals surface area contributed by atoms with Gasteiger partial charge < -0.3 is 32.1 Å². The number of nitro benzene ring substituents is 2. The highest BCUT2D eigenvalue weighted by molar-refractivity contribution is 7.89. The number of rotatable bonds is 13. The van der Waals surface area contributed by atoms with Crippen LogP contribution in [0.4, 0.5) is 11.4 Å². The summed E-state index contributed by atoms with van der Waals surface area (Å²) >= 11 is 0. The van der Waals surface area contributed by atoms with Crippen LogP contribution >= 0.6 is 0 Å². The maximum absolute atomic E-state index is 11.1. The molecular formula is C30H34N12O10S2. The van der Waals surface area contributed by atoms with Crippen LogP contribution in [0.2, 0.25) is 0 Å². The van der Waals surface area contributed by atoms with E-state index in [0.29, 0.717) is 11.4 Å². The minimum atomic E-state index is -4.30. The second-order valence-electron chi connectivity index (χ2n) is 9.91. The largest absolute Gasteiger partial charge is 0.369 e. The zero-order valence-electron chi connectivity index (χ0n) is 27.8. The van der Waals surface area contributed by atoms with E-state index in [4.69, 9.17) is 32.0 Å². The smallest absolute Gasteiger partial charge is 0.293 e. The molecule has 24 heteroatoms. The summed E-state index contributed by atoms with van der Waals surface area (Å²) in [5, 5.41) is 29.3. The summed E-state index contributed by atoms with van der Waals surface area (Å²) in [5.74, 6) is -2.15. The van der Waals surface area contributed by atoms with Crippen LogP contribution in [0.15, 0.2) is 119 Å². The van der Waals surface area contributed by atoms with Gasteiger partial charge in [0, 0.05) is 36.7 Å². The molecule has 0 spiro atoms. The Balaban J connectivity index is 0.000000301. The lowest BCUT2D eigenvalue weighted by molar-refractivity contribution is -0.384. The number of para-hydroxylation sites is 4. The van der Waals surface area contributed by atoms with Crippen molar-refractivity contribution < 1.29 is 35.8 Å². The average molecular weight is 787 g/mol. The molecule has 0 saturated carbocycles. The number of nitrogens with zero attached hydrogens (tertiary/aromatic N) is 6. The maximum Gasteiger partial charge on any atom is 0.293 e. The van der Waals surface area contributed by atoms with Crippen molar-refractivity contribution in [3.63, 3.8) is 0 Å². The molecule has 286 valence electrons. The van der Waals surface area contributed by atoms with Gasteiger partial charge >= 0.3 is 0 Å². The number of aromatic nitrogens is 2. The highest BCUT2D eigenvalue weighted by Gasteiger charge is 2.16. The third-order valence-electron chi connectivity index (χ3n) is 5.98. The number of nitro groups is 2. The molecule has 0 fully saturated rings. The molecule has 0 aliphatic carbocycles. The summed E-state index contributed by atoms with van der Waals surface area (Å²) in [5.41, 5.74) is 33.7. The molecule has 0 aliphatic rings. The van der Waals surface area contributed by atoms with Gasteiger partial charge in [-0.2, -0.15) is 16.8 Å². The zero-order valence-corrected chi connectivity index (χ0v) is 29.4. The molecule has 54 heavy (non-hydrogen) atoms. The van der Waals surface area contributed by atoms with Gasteiger partial charge in [-0.25, -0.2) is 0 Å². The minimum Gasteiger partial charge on any atom is -0.369 e. The van der Waals surface area contributed by atoms with Crippen molar-refractivity contribution in [2.45, 2.75) is 0 Å². The van der Waals surface area contributed by atoms with E-state index in [9.17, 15) is 37.1 Å². The number of hydrogen-bond acceptors (Lipinski definition) is 12. The van der Waals surface area contributed by atoms with E-state index >= 15 is 0 Å². The molecule has 4 aromatic rings. The summed E-state index contributed by atoms with van der Waals surface area (Å²) in [7, 11) is -8.59. The van der Waals surface area contributed by atoms with E-state index < -0.39 is 41.6 Å². The Morgan fingerprint density at radius 3 is 1.33 bits per heavy atom. The van der Waals surface area contributed by atoms with Crippen LogP contribution in [-0.2, 0) is 20.2 Å². The molecule has 12 N–H and O–H groups in total. The number of hydrogen-bond donors (Lipinski definition) is 8. The number of benzene rings is 2. The Hall–Kier alpha value is -7.20. The lowest BCUT2D eigenvalue weighted by Gasteiger charge is -2.06. The quantitative estimate of drug-likeness (QED) is 0.0237. The number of nitrogens with two attached hydrogens (primary N) is 4. The van der Waals surface area contributed by atoms with E-state index in [1.54, 1.807) is 94.3 Å². The summed E-state index contributed by atoms with van der Waals surface area (Å²) in [6.45, 7) is 0. The van der Waals surface area contributed by atoms with E-state index in [1.807, 2.05) is 0 Å². The van der Waals surface area contributed by atoms with Crippen molar-refractivity contribution >= 4 is 55.7 Å². The lowest BCUT2D eigenvalue weighted by Crippen LogP contribution is -2.24. The van der Waals surface area contributed by atoms with Crippen molar-refractivity contribution in [2.24, 2.45) is 33.1 Å². The standard InChI is InChI=1S/2C14H14N6O2.C2H6O6S2/c2*15-14(16)18-17-9-3-5-11-6-4-10-19(11)12-7-1-2-8-13(12)20(21)22;3-9(4,5)1-2-10(6,7)8/h2*1-2,4-10,17H,(H4,15,16,18);1-2H2,(H,3,4,5)(H,6,7,8). The molecule has 2 aromatic carbocycles. The van der Waals surface area contributed by atoms with Crippen LogP contribution < -0.4 is 33.8 Å². The van der Waals surface area contributed by atoms with Crippen molar-refractivity contribution in [2.75, 3.05) is 11.5 Å². The van der Waals surface area contributed by atoms with E-state index in [-0.39, 0.29) is 23.3 Å². The summed E-state index contributed by atoms with van der Waals surface area (Å²) in [6.07, 6.45) is 9.59. The highest BCUT2D eigenvalue weighted by atomic mass is 32.2. The molecule has 22 nitrogen and oxygen atoms in total. The number of nitrogens with one attached hydrogen (secondary N) is 2. The predicted molar refractivity (Wildman–Crippen MR) is 201 cm³/mol. The van der Waals surface area contributed by atoms with Crippen molar-refractivity contribution in [1.82, 2.24) is 20.0 Å². The van der Waals surface area contributed by atoms with E-state index in [2.05, 4.69) is 32.5 Å². The van der Waals surface area contributed by atoms with Crippen LogP contribution in [0.25, 0.3) is 23.5 Å². The monoisotopic (exact) mass is 786 g/mol. The minimum absolute atomic E-state index is 0.0240. The third-order valence-corrected chi connectivity index (χ3v) is 7.68. The van der Waals surface area contributed by atoms with E-state index in [0.717, 1.165) is 11.4 Å². The van der Waals surface area contributed by atoms with Crippen molar-refractivity contribution in [3.05, 3.63) is 141 Å². The first-order valence-electron chi connectivity index (χ1n) is 14.6. The molecule has 0 amide bonds. The topological polar surface area (TPSA) is 358 Å². The molecule has 0 atom stereocenters. The van der Waals surface area contributed by atoms with Gasteiger partial charge in [0.15, 0.2) is 0 Å². The first kappa shape index (κ1) is 43.0. The molecule has 4 rings (SSSR count). The lowest BCUT2D eigenvalue weighted by atomic mass is 10.2. The van der Waals surface area contributed by atoms with Gasteiger partial charge in [-0.15, -0.1) is 10.2 Å². The van der Waals surface area contributed by atoms with Crippen LogP contribution in [0, 0.1) is 20.2 Å². The van der Waals surface area contributed by atoms with Crippen LogP contribution in [0.5, 0.6) is 0 Å². The molecule has 0 unspecified atom stereocenters. The van der Waals surface area contributed by atoms with Crippen molar-refractivity contribution in [1.29, 1.82) is 0 Å². The molecule has 0 aliphatic heterocycles. The van der Waals surface area contributed by atoms with Gasteiger partial charge in [-0.1, -0.05) is 35.7 Å². The Bertz CT molecular complexity index is 2170. The Kier molecular flexibility index (Phi) is 16.4. The van der Waals surface area contributed by atoms with Gasteiger partial charge in [0.1, 0.15) is 11.4 Å². The van der Waals surface area contributed by atoms with Gasteiger partial charge in [0.05, 0.1) is 45.1 Å². The Labute approximate surface area is 307 Å². The summed E-state index contributed by atoms with van der Waals surface area (Å²) in [4.78, 5) is 21.4. The van der Waals surface area contributed by atoms with Gasteiger partial charge in [-0.05, 0) is 36.4 Å². The van der Waals surface area contributed by atoms with Gasteiger partial charge in [-0.3, -0.25) is 40.2 Å². The molecule has 2 heterocycles. The first-order chi connectivity index (χ1) is 25.4. The fraction of sp³-hybridized carbons (Fsp3) is 0.0667.